The second kappa shape index (κ2) is 6.06. The van der Waals surface area contributed by atoms with Gasteiger partial charge in [0.2, 0.25) is 0 Å². The first-order valence-corrected chi connectivity index (χ1v) is 8.94. The van der Waals surface area contributed by atoms with E-state index in [0.29, 0.717) is 37.6 Å². The summed E-state index contributed by atoms with van der Waals surface area (Å²) in [5.41, 5.74) is 0. The first kappa shape index (κ1) is 15.4. The monoisotopic (exact) mass is 322 g/mol. The zero-order valence-electron chi connectivity index (χ0n) is 13.4. The minimum atomic E-state index is -0.855. The highest BCUT2D eigenvalue weighted by Crippen LogP contribution is 2.53. The number of ether oxygens (including phenoxy) is 1. The third-order valence-corrected chi connectivity index (χ3v) is 6.34. The van der Waals surface area contributed by atoms with Crippen LogP contribution in [0.15, 0.2) is 0 Å². The van der Waals surface area contributed by atoms with Crippen LogP contribution in [0.2, 0.25) is 0 Å². The predicted octanol–water partition coefficient (Wildman–Crippen LogP) is 0.713. The fraction of sp³-hybridized carbons (Fsp3) is 0.882. The van der Waals surface area contributed by atoms with E-state index in [-0.39, 0.29) is 12.5 Å². The number of morpholine rings is 1. The van der Waals surface area contributed by atoms with E-state index in [4.69, 9.17) is 9.84 Å². The molecule has 128 valence electrons. The maximum absolute atomic E-state index is 12.6. The lowest BCUT2D eigenvalue weighted by Crippen LogP contribution is -2.59. The van der Waals surface area contributed by atoms with Crippen molar-refractivity contribution in [2.75, 3.05) is 26.2 Å². The van der Waals surface area contributed by atoms with Gasteiger partial charge in [-0.25, -0.2) is 0 Å². The van der Waals surface area contributed by atoms with Gasteiger partial charge in [-0.05, 0) is 55.8 Å². The molecule has 0 aromatic heterocycles. The van der Waals surface area contributed by atoms with E-state index in [9.17, 15) is 9.59 Å². The molecule has 1 heterocycles. The number of rotatable bonds is 4. The van der Waals surface area contributed by atoms with E-state index in [2.05, 4.69) is 5.32 Å². The van der Waals surface area contributed by atoms with Crippen LogP contribution in [0, 0.1) is 23.7 Å². The largest absolute Gasteiger partial charge is 0.480 e. The Morgan fingerprint density at radius 1 is 1.09 bits per heavy atom. The fourth-order valence-electron chi connectivity index (χ4n) is 5.61. The number of hydrogen-bond acceptors (Lipinski definition) is 4. The van der Waals surface area contributed by atoms with Crippen LogP contribution >= 0.6 is 0 Å². The van der Waals surface area contributed by atoms with Gasteiger partial charge in [0.25, 0.3) is 5.91 Å². The lowest BCUT2D eigenvalue weighted by atomic mass is 9.54. The third kappa shape index (κ3) is 3.11. The Kier molecular flexibility index (Phi) is 4.05. The Balaban J connectivity index is 1.35. The highest BCUT2D eigenvalue weighted by molar-refractivity contribution is 5.81. The summed E-state index contributed by atoms with van der Waals surface area (Å²) in [5, 5.41) is 12.2. The van der Waals surface area contributed by atoms with Gasteiger partial charge in [-0.3, -0.25) is 14.5 Å². The molecule has 23 heavy (non-hydrogen) atoms. The van der Waals surface area contributed by atoms with Gasteiger partial charge in [-0.1, -0.05) is 0 Å². The minimum absolute atomic E-state index is 0.0226. The first-order valence-electron chi connectivity index (χ1n) is 8.94. The molecule has 2 N–H and O–H groups in total. The van der Waals surface area contributed by atoms with E-state index < -0.39 is 12.1 Å². The summed E-state index contributed by atoms with van der Waals surface area (Å²) in [5.74, 6) is 2.18. The molecule has 0 radical (unpaired) electrons. The average molecular weight is 322 g/mol. The molecule has 4 saturated carbocycles. The molecule has 6 nitrogen and oxygen atoms in total. The summed E-state index contributed by atoms with van der Waals surface area (Å²) < 4.78 is 5.60. The van der Waals surface area contributed by atoms with Crippen LogP contribution in [0.3, 0.4) is 0 Å². The summed E-state index contributed by atoms with van der Waals surface area (Å²) >= 11 is 0. The minimum Gasteiger partial charge on any atom is -0.480 e. The van der Waals surface area contributed by atoms with Gasteiger partial charge in [0, 0.05) is 19.1 Å². The van der Waals surface area contributed by atoms with Crippen LogP contribution in [-0.4, -0.2) is 60.3 Å². The summed E-state index contributed by atoms with van der Waals surface area (Å²) in [6.45, 7) is 1.36. The van der Waals surface area contributed by atoms with Crippen molar-refractivity contribution in [2.45, 2.75) is 44.2 Å². The van der Waals surface area contributed by atoms with Crippen LogP contribution in [0.4, 0.5) is 0 Å². The summed E-state index contributed by atoms with van der Waals surface area (Å²) in [4.78, 5) is 25.2. The van der Waals surface area contributed by atoms with Crippen molar-refractivity contribution in [3.63, 3.8) is 0 Å². The number of carboxylic acids is 1. The molecule has 5 rings (SSSR count). The molecule has 1 atom stereocenters. The van der Waals surface area contributed by atoms with Gasteiger partial charge < -0.3 is 15.2 Å². The zero-order valence-corrected chi connectivity index (χ0v) is 13.4. The standard InChI is InChI=1S/C17H26N2O4/c20-15(21)9-19-1-2-23-14(8-19)17(22)18-16-12-4-10-3-11(6-12)7-13(16)5-10/h10-14,16H,1-9H2,(H,18,22)(H,20,21). The Bertz CT molecular complexity index is 467. The van der Waals surface area contributed by atoms with Crippen LogP contribution in [-0.2, 0) is 14.3 Å². The number of carboxylic acid groups (broad SMARTS) is 1. The highest BCUT2D eigenvalue weighted by Gasteiger charge is 2.49. The summed E-state index contributed by atoms with van der Waals surface area (Å²) in [7, 11) is 0. The molecule has 6 heteroatoms. The van der Waals surface area contributed by atoms with Crippen LogP contribution in [0.1, 0.15) is 32.1 Å². The summed E-state index contributed by atoms with van der Waals surface area (Å²) in [6, 6.07) is 0.314. The van der Waals surface area contributed by atoms with Gasteiger partial charge >= 0.3 is 5.97 Å². The van der Waals surface area contributed by atoms with E-state index in [1.807, 2.05) is 0 Å². The number of carbonyl (C=O) groups excluding carboxylic acids is 1. The van der Waals surface area contributed by atoms with Gasteiger partial charge in [0.15, 0.2) is 0 Å². The molecule has 1 saturated heterocycles. The molecule has 1 aliphatic heterocycles. The molecule has 0 spiro atoms. The second-order valence-corrected chi connectivity index (χ2v) is 7.95. The number of carbonyl (C=O) groups is 2. The van der Waals surface area contributed by atoms with E-state index >= 15 is 0 Å². The number of nitrogens with one attached hydrogen (secondary N) is 1. The average Bonchev–Trinajstić information content (AvgIpc) is 2.49. The van der Waals surface area contributed by atoms with Crippen molar-refractivity contribution >= 4 is 11.9 Å². The zero-order chi connectivity index (χ0) is 16.0. The van der Waals surface area contributed by atoms with Gasteiger partial charge in [-0.2, -0.15) is 0 Å². The van der Waals surface area contributed by atoms with Gasteiger partial charge in [0.1, 0.15) is 6.10 Å². The Hall–Kier alpha value is -1.14. The SMILES string of the molecule is O=C(O)CN1CCOC(C(=O)NC2C3CC4CC(C3)CC2C4)C1. The van der Waals surface area contributed by atoms with Crippen molar-refractivity contribution in [3.05, 3.63) is 0 Å². The van der Waals surface area contributed by atoms with Crippen LogP contribution in [0.25, 0.3) is 0 Å². The molecule has 1 amide bonds. The van der Waals surface area contributed by atoms with Crippen molar-refractivity contribution in [2.24, 2.45) is 23.7 Å². The topological polar surface area (TPSA) is 78.9 Å². The summed E-state index contributed by atoms with van der Waals surface area (Å²) in [6.07, 6.45) is 5.97. The smallest absolute Gasteiger partial charge is 0.317 e. The van der Waals surface area contributed by atoms with Crippen molar-refractivity contribution in [1.82, 2.24) is 10.2 Å². The molecule has 4 bridgehead atoms. The number of hydrogen-bond donors (Lipinski definition) is 2. The van der Waals surface area contributed by atoms with Crippen LogP contribution in [0.5, 0.6) is 0 Å². The van der Waals surface area contributed by atoms with Crippen LogP contribution < -0.4 is 5.32 Å². The maximum atomic E-state index is 12.6. The van der Waals surface area contributed by atoms with Crippen molar-refractivity contribution in [1.29, 1.82) is 0 Å². The number of nitrogens with zero attached hydrogens (tertiary/aromatic N) is 1. The number of amides is 1. The Morgan fingerprint density at radius 2 is 1.74 bits per heavy atom. The Morgan fingerprint density at radius 3 is 2.35 bits per heavy atom. The van der Waals surface area contributed by atoms with Gasteiger partial charge in [-0.15, -0.1) is 0 Å². The predicted molar refractivity (Wildman–Crippen MR) is 82.8 cm³/mol. The lowest BCUT2D eigenvalue weighted by Gasteiger charge is -2.54. The van der Waals surface area contributed by atoms with Gasteiger partial charge in [0.05, 0.1) is 13.2 Å². The molecule has 1 unspecified atom stereocenters. The quantitative estimate of drug-likeness (QED) is 0.797. The third-order valence-electron chi connectivity index (χ3n) is 6.34. The second-order valence-electron chi connectivity index (χ2n) is 7.95. The van der Waals surface area contributed by atoms with E-state index in [0.717, 1.165) is 11.8 Å². The van der Waals surface area contributed by atoms with E-state index in [1.165, 1.54) is 32.1 Å². The Labute approximate surface area is 136 Å². The lowest BCUT2D eigenvalue weighted by molar-refractivity contribution is -0.147. The fourth-order valence-corrected chi connectivity index (χ4v) is 5.61. The molecule has 5 aliphatic rings. The van der Waals surface area contributed by atoms with Crippen molar-refractivity contribution < 1.29 is 19.4 Å². The molecule has 5 fully saturated rings. The molecule has 4 aliphatic carbocycles. The molecule has 0 aromatic rings. The van der Waals surface area contributed by atoms with E-state index in [1.54, 1.807) is 4.90 Å². The first-order chi connectivity index (χ1) is 11.1. The molecular weight excluding hydrogens is 296 g/mol. The van der Waals surface area contributed by atoms with Crippen molar-refractivity contribution in [3.8, 4) is 0 Å². The highest BCUT2D eigenvalue weighted by atomic mass is 16.5. The normalized spacial score (nSPS) is 42.6. The number of aliphatic carboxylic acids is 1. The molecule has 0 aromatic carbocycles. The maximum Gasteiger partial charge on any atom is 0.317 e. The molecular formula is C17H26N2O4.